The highest BCUT2D eigenvalue weighted by atomic mass is 35.5. The molecule has 1 saturated carbocycles. The number of hydrogen-bond donors (Lipinski definition) is 2. The predicted molar refractivity (Wildman–Crippen MR) is 54.3 cm³/mol. The van der Waals surface area contributed by atoms with E-state index in [1.54, 1.807) is 12.3 Å². The molecule has 0 atom stereocenters. The SMILES string of the molecule is OC1(CNc2ccnc(Cl)n2)CCC1. The van der Waals surface area contributed by atoms with Gasteiger partial charge in [-0.25, -0.2) is 9.97 Å². The summed E-state index contributed by atoms with van der Waals surface area (Å²) >= 11 is 5.62. The Morgan fingerprint density at radius 2 is 2.36 bits per heavy atom. The summed E-state index contributed by atoms with van der Waals surface area (Å²) in [5, 5.41) is 13.1. The Kier molecular flexibility index (Phi) is 2.56. The van der Waals surface area contributed by atoms with Crippen LogP contribution < -0.4 is 5.32 Å². The van der Waals surface area contributed by atoms with Gasteiger partial charge in [0.2, 0.25) is 5.28 Å². The molecule has 0 aliphatic heterocycles. The molecule has 1 aromatic heterocycles. The lowest BCUT2D eigenvalue weighted by atomic mass is 9.80. The summed E-state index contributed by atoms with van der Waals surface area (Å²) in [4.78, 5) is 7.74. The Balaban J connectivity index is 1.91. The molecule has 4 nitrogen and oxygen atoms in total. The molecule has 76 valence electrons. The molecule has 0 bridgehead atoms. The van der Waals surface area contributed by atoms with Crippen molar-refractivity contribution >= 4 is 17.4 Å². The number of halogens is 1. The average Bonchev–Trinajstić information content (AvgIpc) is 2.12. The fraction of sp³-hybridized carbons (Fsp3) is 0.556. The average molecular weight is 214 g/mol. The first-order valence-corrected chi connectivity index (χ1v) is 5.01. The Hall–Kier alpha value is -0.870. The second kappa shape index (κ2) is 3.71. The van der Waals surface area contributed by atoms with E-state index in [0.717, 1.165) is 19.3 Å². The highest BCUT2D eigenvalue weighted by Crippen LogP contribution is 2.31. The zero-order chi connectivity index (χ0) is 10.0. The van der Waals surface area contributed by atoms with Crippen LogP contribution in [0.4, 0.5) is 5.82 Å². The number of aromatic nitrogens is 2. The fourth-order valence-corrected chi connectivity index (χ4v) is 1.60. The molecule has 1 aliphatic rings. The van der Waals surface area contributed by atoms with Crippen LogP contribution in [0.2, 0.25) is 5.28 Å². The van der Waals surface area contributed by atoms with E-state index in [1.165, 1.54) is 0 Å². The van der Waals surface area contributed by atoms with E-state index in [4.69, 9.17) is 11.6 Å². The van der Waals surface area contributed by atoms with Crippen molar-refractivity contribution in [2.24, 2.45) is 0 Å². The van der Waals surface area contributed by atoms with Crippen molar-refractivity contribution in [3.05, 3.63) is 17.5 Å². The molecule has 1 aliphatic carbocycles. The van der Waals surface area contributed by atoms with Crippen LogP contribution in [0, 0.1) is 0 Å². The van der Waals surface area contributed by atoms with Gasteiger partial charge in [0, 0.05) is 12.7 Å². The maximum Gasteiger partial charge on any atom is 0.224 e. The molecule has 0 radical (unpaired) electrons. The van der Waals surface area contributed by atoms with Crippen LogP contribution in [-0.2, 0) is 0 Å². The van der Waals surface area contributed by atoms with Crippen LogP contribution in [0.5, 0.6) is 0 Å². The summed E-state index contributed by atoms with van der Waals surface area (Å²) in [5.41, 5.74) is -0.544. The molecular weight excluding hydrogens is 202 g/mol. The second-order valence-electron chi connectivity index (χ2n) is 3.64. The van der Waals surface area contributed by atoms with E-state index in [-0.39, 0.29) is 5.28 Å². The van der Waals surface area contributed by atoms with E-state index in [9.17, 15) is 5.11 Å². The molecule has 5 heteroatoms. The van der Waals surface area contributed by atoms with Gasteiger partial charge in [0.05, 0.1) is 5.60 Å². The van der Waals surface area contributed by atoms with E-state index >= 15 is 0 Å². The van der Waals surface area contributed by atoms with E-state index in [0.29, 0.717) is 12.4 Å². The number of aliphatic hydroxyl groups is 1. The van der Waals surface area contributed by atoms with E-state index in [1.807, 2.05) is 0 Å². The van der Waals surface area contributed by atoms with Crippen LogP contribution in [0.1, 0.15) is 19.3 Å². The van der Waals surface area contributed by atoms with Crippen molar-refractivity contribution in [2.75, 3.05) is 11.9 Å². The molecule has 0 aromatic carbocycles. The molecule has 1 heterocycles. The first kappa shape index (κ1) is 9.68. The predicted octanol–water partition coefficient (Wildman–Crippen LogP) is 1.46. The van der Waals surface area contributed by atoms with Crippen LogP contribution in [0.3, 0.4) is 0 Å². The monoisotopic (exact) mass is 213 g/mol. The molecule has 2 rings (SSSR count). The summed E-state index contributed by atoms with van der Waals surface area (Å²) in [6.07, 6.45) is 4.41. The molecular formula is C9H12ClN3O. The van der Waals surface area contributed by atoms with Gasteiger partial charge in [-0.3, -0.25) is 0 Å². The van der Waals surface area contributed by atoms with Gasteiger partial charge in [0.15, 0.2) is 0 Å². The van der Waals surface area contributed by atoms with E-state index < -0.39 is 5.60 Å². The van der Waals surface area contributed by atoms with Gasteiger partial charge in [0.1, 0.15) is 5.82 Å². The van der Waals surface area contributed by atoms with Crippen molar-refractivity contribution in [1.29, 1.82) is 0 Å². The van der Waals surface area contributed by atoms with Crippen LogP contribution >= 0.6 is 11.6 Å². The maximum absolute atomic E-state index is 9.80. The zero-order valence-electron chi connectivity index (χ0n) is 7.70. The van der Waals surface area contributed by atoms with Crippen LogP contribution in [0.15, 0.2) is 12.3 Å². The Morgan fingerprint density at radius 3 is 2.93 bits per heavy atom. The third-order valence-corrected chi connectivity index (χ3v) is 2.69. The molecule has 0 amide bonds. The smallest absolute Gasteiger partial charge is 0.224 e. The van der Waals surface area contributed by atoms with Gasteiger partial charge in [0.25, 0.3) is 0 Å². The van der Waals surface area contributed by atoms with Crippen molar-refractivity contribution < 1.29 is 5.11 Å². The number of anilines is 1. The lowest BCUT2D eigenvalue weighted by Gasteiger charge is -2.36. The summed E-state index contributed by atoms with van der Waals surface area (Å²) in [7, 11) is 0. The second-order valence-corrected chi connectivity index (χ2v) is 3.98. The molecule has 0 unspecified atom stereocenters. The first-order valence-electron chi connectivity index (χ1n) is 4.63. The largest absolute Gasteiger partial charge is 0.388 e. The van der Waals surface area contributed by atoms with Crippen molar-refractivity contribution in [1.82, 2.24) is 9.97 Å². The topological polar surface area (TPSA) is 58.0 Å². The fourth-order valence-electron chi connectivity index (χ4n) is 1.45. The van der Waals surface area contributed by atoms with Crippen molar-refractivity contribution in [2.45, 2.75) is 24.9 Å². The Labute approximate surface area is 87.3 Å². The molecule has 14 heavy (non-hydrogen) atoms. The van der Waals surface area contributed by atoms with Gasteiger partial charge in [-0.05, 0) is 36.9 Å². The van der Waals surface area contributed by atoms with Crippen molar-refractivity contribution in [3.63, 3.8) is 0 Å². The third kappa shape index (κ3) is 2.13. The third-order valence-electron chi connectivity index (χ3n) is 2.51. The quantitative estimate of drug-likeness (QED) is 0.747. The molecule has 1 fully saturated rings. The minimum Gasteiger partial charge on any atom is -0.388 e. The summed E-state index contributed by atoms with van der Waals surface area (Å²) in [5.74, 6) is 0.658. The molecule has 0 saturated heterocycles. The lowest BCUT2D eigenvalue weighted by Crippen LogP contribution is -2.43. The lowest BCUT2D eigenvalue weighted by molar-refractivity contribution is -0.0202. The van der Waals surface area contributed by atoms with Crippen molar-refractivity contribution in [3.8, 4) is 0 Å². The highest BCUT2D eigenvalue weighted by molar-refractivity contribution is 6.28. The van der Waals surface area contributed by atoms with Gasteiger partial charge >= 0.3 is 0 Å². The van der Waals surface area contributed by atoms with Gasteiger partial charge in [-0.1, -0.05) is 0 Å². The summed E-state index contributed by atoms with van der Waals surface area (Å²) < 4.78 is 0. The minimum atomic E-state index is -0.544. The van der Waals surface area contributed by atoms with Gasteiger partial charge in [-0.15, -0.1) is 0 Å². The Morgan fingerprint density at radius 1 is 1.57 bits per heavy atom. The van der Waals surface area contributed by atoms with E-state index in [2.05, 4.69) is 15.3 Å². The minimum absolute atomic E-state index is 0.218. The van der Waals surface area contributed by atoms with Gasteiger partial charge in [-0.2, -0.15) is 0 Å². The van der Waals surface area contributed by atoms with Gasteiger partial charge < -0.3 is 10.4 Å². The standard InChI is InChI=1S/C9H12ClN3O/c10-8-11-5-2-7(13-8)12-6-9(14)3-1-4-9/h2,5,14H,1,3-4,6H2,(H,11,12,13). The summed E-state index contributed by atoms with van der Waals surface area (Å²) in [6, 6.07) is 1.73. The number of nitrogens with one attached hydrogen (secondary N) is 1. The normalized spacial score (nSPS) is 18.7. The maximum atomic E-state index is 9.80. The number of nitrogens with zero attached hydrogens (tertiary/aromatic N) is 2. The summed E-state index contributed by atoms with van der Waals surface area (Å²) in [6.45, 7) is 0.528. The van der Waals surface area contributed by atoms with Crippen LogP contribution in [-0.4, -0.2) is 27.2 Å². The van der Waals surface area contributed by atoms with Crippen LogP contribution in [0.25, 0.3) is 0 Å². The number of rotatable bonds is 3. The molecule has 1 aromatic rings. The first-order chi connectivity index (χ1) is 6.68. The molecule has 0 spiro atoms. The number of hydrogen-bond acceptors (Lipinski definition) is 4. The Bertz CT molecular complexity index is 328. The zero-order valence-corrected chi connectivity index (χ0v) is 8.46. The molecule has 2 N–H and O–H groups in total. The highest BCUT2D eigenvalue weighted by Gasteiger charge is 2.33.